The third-order valence-corrected chi connectivity index (χ3v) is 3.19. The van der Waals surface area contributed by atoms with Crippen LogP contribution < -0.4 is 15.4 Å². The molecule has 0 amide bonds. The number of ether oxygens (including phenoxy) is 2. The van der Waals surface area contributed by atoms with Gasteiger partial charge in [0.2, 0.25) is 0 Å². The van der Waals surface area contributed by atoms with Gasteiger partial charge < -0.3 is 20.1 Å². The highest BCUT2D eigenvalue weighted by molar-refractivity contribution is 5.46. The van der Waals surface area contributed by atoms with E-state index in [1.165, 1.54) is 12.8 Å². The molecule has 1 saturated heterocycles. The zero-order valence-corrected chi connectivity index (χ0v) is 11.7. The number of benzene rings is 1. The van der Waals surface area contributed by atoms with Crippen LogP contribution in [0.4, 0.5) is 5.69 Å². The molecule has 19 heavy (non-hydrogen) atoms. The second kappa shape index (κ2) is 8.02. The van der Waals surface area contributed by atoms with Crippen molar-refractivity contribution >= 4 is 5.69 Å². The van der Waals surface area contributed by atoms with Crippen molar-refractivity contribution in [2.45, 2.75) is 25.9 Å². The molecule has 1 heterocycles. The summed E-state index contributed by atoms with van der Waals surface area (Å²) < 4.78 is 11.0. The van der Waals surface area contributed by atoms with E-state index in [4.69, 9.17) is 9.47 Å². The van der Waals surface area contributed by atoms with Gasteiger partial charge in [-0.3, -0.25) is 0 Å². The molecule has 0 bridgehead atoms. The van der Waals surface area contributed by atoms with Crippen LogP contribution >= 0.6 is 0 Å². The predicted octanol–water partition coefficient (Wildman–Crippen LogP) is 2.27. The smallest absolute Gasteiger partial charge is 0.119 e. The van der Waals surface area contributed by atoms with Gasteiger partial charge in [0.25, 0.3) is 0 Å². The first-order chi connectivity index (χ1) is 9.38. The Bertz CT molecular complexity index is 348. The number of rotatable bonds is 8. The maximum Gasteiger partial charge on any atom is 0.119 e. The molecule has 1 atom stereocenters. The minimum atomic E-state index is 0.422. The number of hydrogen-bond donors (Lipinski definition) is 2. The van der Waals surface area contributed by atoms with Crippen LogP contribution in [0.5, 0.6) is 5.75 Å². The standard InChI is InChI=1S/C15H24N2O2/c1-2-18-14-7-5-13(6-8-14)17-10-9-16-12-15-4-3-11-19-15/h5-8,15-17H,2-4,9-12H2,1H3. The third kappa shape index (κ3) is 5.09. The molecule has 2 N–H and O–H groups in total. The molecule has 0 aromatic heterocycles. The lowest BCUT2D eigenvalue weighted by Crippen LogP contribution is -2.30. The van der Waals surface area contributed by atoms with E-state index in [-0.39, 0.29) is 0 Å². The SMILES string of the molecule is CCOc1ccc(NCCNCC2CCCO2)cc1. The topological polar surface area (TPSA) is 42.5 Å². The van der Waals surface area contributed by atoms with Crippen LogP contribution in [0, 0.1) is 0 Å². The van der Waals surface area contributed by atoms with Gasteiger partial charge in [-0.1, -0.05) is 0 Å². The van der Waals surface area contributed by atoms with Crippen molar-refractivity contribution in [3.05, 3.63) is 24.3 Å². The van der Waals surface area contributed by atoms with Crippen molar-refractivity contribution in [2.75, 3.05) is 38.2 Å². The van der Waals surface area contributed by atoms with Crippen LogP contribution in [0.1, 0.15) is 19.8 Å². The highest BCUT2D eigenvalue weighted by Gasteiger charge is 2.13. The van der Waals surface area contributed by atoms with E-state index in [1.807, 2.05) is 31.2 Å². The normalized spacial score (nSPS) is 18.5. The lowest BCUT2D eigenvalue weighted by molar-refractivity contribution is 0.110. The maximum atomic E-state index is 5.56. The minimum absolute atomic E-state index is 0.422. The van der Waals surface area contributed by atoms with Crippen molar-refractivity contribution in [1.29, 1.82) is 0 Å². The first-order valence-electron chi connectivity index (χ1n) is 7.17. The Morgan fingerprint density at radius 2 is 2.11 bits per heavy atom. The second-order valence-corrected chi connectivity index (χ2v) is 4.72. The molecule has 1 aliphatic rings. The summed E-state index contributed by atoms with van der Waals surface area (Å²) in [6.45, 7) is 6.46. The average Bonchev–Trinajstić information content (AvgIpc) is 2.94. The van der Waals surface area contributed by atoms with E-state index in [0.29, 0.717) is 12.7 Å². The molecule has 106 valence electrons. The van der Waals surface area contributed by atoms with Crippen molar-refractivity contribution in [3.63, 3.8) is 0 Å². The number of nitrogens with one attached hydrogen (secondary N) is 2. The van der Waals surface area contributed by atoms with Gasteiger partial charge >= 0.3 is 0 Å². The van der Waals surface area contributed by atoms with E-state index in [1.54, 1.807) is 0 Å². The first kappa shape index (κ1) is 14.2. The van der Waals surface area contributed by atoms with Gasteiger partial charge in [0.15, 0.2) is 0 Å². The van der Waals surface area contributed by atoms with E-state index in [2.05, 4.69) is 10.6 Å². The quantitative estimate of drug-likeness (QED) is 0.707. The van der Waals surface area contributed by atoms with Crippen LogP contribution in [-0.2, 0) is 4.74 Å². The highest BCUT2D eigenvalue weighted by Crippen LogP contribution is 2.15. The predicted molar refractivity (Wildman–Crippen MR) is 77.9 cm³/mol. The molecule has 1 fully saturated rings. The Balaban J connectivity index is 1.57. The average molecular weight is 264 g/mol. The van der Waals surface area contributed by atoms with Crippen LogP contribution in [0.15, 0.2) is 24.3 Å². The van der Waals surface area contributed by atoms with Crippen molar-refractivity contribution in [1.82, 2.24) is 5.32 Å². The Morgan fingerprint density at radius 1 is 1.26 bits per heavy atom. The lowest BCUT2D eigenvalue weighted by Gasteiger charge is -2.12. The zero-order valence-electron chi connectivity index (χ0n) is 11.7. The molecule has 4 heteroatoms. The molecule has 0 saturated carbocycles. The summed E-state index contributed by atoms with van der Waals surface area (Å²) in [7, 11) is 0. The van der Waals surface area contributed by atoms with E-state index < -0.39 is 0 Å². The second-order valence-electron chi connectivity index (χ2n) is 4.72. The fourth-order valence-corrected chi connectivity index (χ4v) is 2.20. The highest BCUT2D eigenvalue weighted by atomic mass is 16.5. The van der Waals surface area contributed by atoms with E-state index in [9.17, 15) is 0 Å². The van der Waals surface area contributed by atoms with Crippen molar-refractivity contribution in [3.8, 4) is 5.75 Å². The van der Waals surface area contributed by atoms with Crippen LogP contribution in [0.3, 0.4) is 0 Å². The lowest BCUT2D eigenvalue weighted by atomic mass is 10.2. The zero-order chi connectivity index (χ0) is 13.3. The van der Waals surface area contributed by atoms with Crippen molar-refractivity contribution < 1.29 is 9.47 Å². The maximum absolute atomic E-state index is 5.56. The summed E-state index contributed by atoms with van der Waals surface area (Å²) in [6.07, 6.45) is 2.82. The summed E-state index contributed by atoms with van der Waals surface area (Å²) in [6, 6.07) is 8.08. The summed E-state index contributed by atoms with van der Waals surface area (Å²) in [5, 5.41) is 6.80. The Hall–Kier alpha value is -1.26. The van der Waals surface area contributed by atoms with Gasteiger partial charge in [0.1, 0.15) is 5.75 Å². The number of anilines is 1. The van der Waals surface area contributed by atoms with Crippen molar-refractivity contribution in [2.24, 2.45) is 0 Å². The van der Waals surface area contributed by atoms with Gasteiger partial charge in [0, 0.05) is 31.9 Å². The Labute approximate surface area is 115 Å². The van der Waals surface area contributed by atoms with Gasteiger partial charge in [-0.05, 0) is 44.0 Å². The minimum Gasteiger partial charge on any atom is -0.494 e. The fraction of sp³-hybridized carbons (Fsp3) is 0.600. The van der Waals surface area contributed by atoms with Crippen LogP contribution in [0.2, 0.25) is 0 Å². The molecule has 1 aliphatic heterocycles. The summed E-state index contributed by atoms with van der Waals surface area (Å²) in [5.41, 5.74) is 1.13. The van der Waals surface area contributed by atoms with Crippen LogP contribution in [-0.4, -0.2) is 39.0 Å². The van der Waals surface area contributed by atoms with E-state index >= 15 is 0 Å². The molecular weight excluding hydrogens is 240 g/mol. The molecule has 2 rings (SSSR count). The monoisotopic (exact) mass is 264 g/mol. The number of hydrogen-bond acceptors (Lipinski definition) is 4. The molecule has 1 aromatic rings. The Morgan fingerprint density at radius 3 is 2.79 bits per heavy atom. The Kier molecular flexibility index (Phi) is 5.98. The largest absolute Gasteiger partial charge is 0.494 e. The first-order valence-corrected chi connectivity index (χ1v) is 7.17. The van der Waals surface area contributed by atoms with Gasteiger partial charge in [0.05, 0.1) is 12.7 Å². The summed E-state index contributed by atoms with van der Waals surface area (Å²) >= 11 is 0. The molecule has 4 nitrogen and oxygen atoms in total. The van der Waals surface area contributed by atoms with Gasteiger partial charge in [-0.15, -0.1) is 0 Å². The summed E-state index contributed by atoms with van der Waals surface area (Å²) in [4.78, 5) is 0. The molecule has 0 aliphatic carbocycles. The van der Waals surface area contributed by atoms with Gasteiger partial charge in [-0.25, -0.2) is 0 Å². The molecular formula is C15H24N2O2. The molecule has 0 spiro atoms. The molecule has 1 unspecified atom stereocenters. The molecule has 0 radical (unpaired) electrons. The van der Waals surface area contributed by atoms with E-state index in [0.717, 1.165) is 37.7 Å². The van der Waals surface area contributed by atoms with Gasteiger partial charge in [-0.2, -0.15) is 0 Å². The summed E-state index contributed by atoms with van der Waals surface area (Å²) in [5.74, 6) is 0.921. The molecule has 1 aromatic carbocycles. The fourth-order valence-electron chi connectivity index (χ4n) is 2.20. The van der Waals surface area contributed by atoms with Crippen LogP contribution in [0.25, 0.3) is 0 Å². The third-order valence-electron chi connectivity index (χ3n) is 3.19.